The zero-order valence-electron chi connectivity index (χ0n) is 6.92. The van der Waals surface area contributed by atoms with Crippen LogP contribution in [0.5, 0.6) is 0 Å². The molecule has 0 fully saturated rings. The van der Waals surface area contributed by atoms with Gasteiger partial charge in [-0.15, -0.1) is 5.73 Å². The van der Waals surface area contributed by atoms with Crippen molar-refractivity contribution in [1.82, 2.24) is 0 Å². The Balaban J connectivity index is 4.12. The average molecular weight is 156 g/mol. The smallest absolute Gasteiger partial charge is 0.338 e. The molecule has 0 heterocycles. The number of hydrogen-bond donors (Lipinski definition) is 1. The van der Waals surface area contributed by atoms with Crippen LogP contribution < -0.4 is 0 Å². The highest BCUT2D eigenvalue weighted by atomic mass is 16.5. The van der Waals surface area contributed by atoms with Crippen LogP contribution in [0.15, 0.2) is 17.9 Å². The number of ether oxygens (including phenoxy) is 1. The molecule has 0 rings (SSSR count). The van der Waals surface area contributed by atoms with Crippen molar-refractivity contribution >= 4 is 5.97 Å². The normalized spacial score (nSPS) is 9.82. The molecule has 0 saturated heterocycles. The van der Waals surface area contributed by atoms with Gasteiger partial charge in [-0.2, -0.15) is 0 Å². The number of carbonyl (C=O) groups excluding carboxylic acids is 1. The maximum atomic E-state index is 10.5. The molecule has 0 aromatic carbocycles. The van der Waals surface area contributed by atoms with E-state index in [1.54, 1.807) is 13.8 Å². The van der Waals surface area contributed by atoms with Gasteiger partial charge in [0.15, 0.2) is 0 Å². The van der Waals surface area contributed by atoms with Crippen molar-refractivity contribution in [2.75, 3.05) is 7.11 Å². The van der Waals surface area contributed by atoms with Crippen molar-refractivity contribution in [2.45, 2.75) is 19.4 Å². The lowest BCUT2D eigenvalue weighted by molar-refractivity contribution is -0.134. The number of aliphatic hydroxyl groups is 1. The lowest BCUT2D eigenvalue weighted by Gasteiger charge is -2.07. The molecule has 0 amide bonds. The van der Waals surface area contributed by atoms with Crippen LogP contribution in [0.4, 0.5) is 0 Å². The fourth-order valence-corrected chi connectivity index (χ4v) is 0.373. The molecule has 0 bridgehead atoms. The van der Waals surface area contributed by atoms with Gasteiger partial charge in [-0.25, -0.2) is 4.79 Å². The molecule has 0 radical (unpaired) electrons. The molecule has 0 saturated carbocycles. The van der Waals surface area contributed by atoms with Crippen LogP contribution in [-0.2, 0) is 9.53 Å². The van der Waals surface area contributed by atoms with Crippen LogP contribution in [0.25, 0.3) is 0 Å². The Bertz CT molecular complexity index is 192. The van der Waals surface area contributed by atoms with Gasteiger partial charge in [-0.1, -0.05) is 0 Å². The molecule has 0 aromatic heterocycles. The van der Waals surface area contributed by atoms with Gasteiger partial charge in [0.2, 0.25) is 0 Å². The Morgan fingerprint density at radius 3 is 2.55 bits per heavy atom. The highest BCUT2D eigenvalue weighted by Gasteiger charge is 2.04. The quantitative estimate of drug-likeness (QED) is 0.362. The van der Waals surface area contributed by atoms with Crippen molar-refractivity contribution in [3.05, 3.63) is 17.9 Å². The number of hydrogen-bond acceptors (Lipinski definition) is 3. The second-order valence-corrected chi connectivity index (χ2v) is 2.63. The summed E-state index contributed by atoms with van der Waals surface area (Å²) in [5, 5.41) is 9.11. The molecule has 11 heavy (non-hydrogen) atoms. The van der Waals surface area contributed by atoms with Gasteiger partial charge < -0.3 is 9.84 Å². The summed E-state index contributed by atoms with van der Waals surface area (Å²) in [5.41, 5.74) is 1.56. The summed E-state index contributed by atoms with van der Waals surface area (Å²) in [6.45, 7) is 3.18. The van der Waals surface area contributed by atoms with Crippen molar-refractivity contribution in [2.24, 2.45) is 0 Å². The highest BCUT2D eigenvalue weighted by Crippen LogP contribution is 2.00. The number of carbonyl (C=O) groups is 1. The van der Waals surface area contributed by atoms with Crippen LogP contribution in [0.3, 0.4) is 0 Å². The van der Waals surface area contributed by atoms with E-state index in [0.717, 1.165) is 6.08 Å². The first-order valence-corrected chi connectivity index (χ1v) is 3.19. The van der Waals surface area contributed by atoms with Crippen molar-refractivity contribution in [3.63, 3.8) is 0 Å². The molecule has 0 aliphatic carbocycles. The van der Waals surface area contributed by atoms with E-state index >= 15 is 0 Å². The summed E-state index contributed by atoms with van der Waals surface area (Å²) < 4.78 is 4.31. The molecule has 0 aliphatic rings. The van der Waals surface area contributed by atoms with Gasteiger partial charge in [0.1, 0.15) is 0 Å². The first kappa shape index (κ1) is 9.95. The van der Waals surface area contributed by atoms with Crippen molar-refractivity contribution in [1.29, 1.82) is 0 Å². The minimum Gasteiger partial charge on any atom is -0.465 e. The van der Waals surface area contributed by atoms with Gasteiger partial charge >= 0.3 is 5.97 Å². The van der Waals surface area contributed by atoms with E-state index in [2.05, 4.69) is 10.5 Å². The Labute approximate surface area is 66.0 Å². The standard InChI is InChI=1S/C8H12O3/c1-8(2,10)6-4-5-7(9)11-3/h5-6,10H,1-3H3. The number of rotatable bonds is 2. The zero-order valence-corrected chi connectivity index (χ0v) is 6.92. The lowest BCUT2D eigenvalue weighted by Crippen LogP contribution is -2.13. The van der Waals surface area contributed by atoms with Crippen LogP contribution in [0.2, 0.25) is 0 Å². The maximum absolute atomic E-state index is 10.5. The summed E-state index contributed by atoms with van der Waals surface area (Å²) >= 11 is 0. The van der Waals surface area contributed by atoms with Crippen LogP contribution in [0.1, 0.15) is 13.8 Å². The van der Waals surface area contributed by atoms with Gasteiger partial charge in [0.05, 0.1) is 18.8 Å². The molecule has 3 heteroatoms. The van der Waals surface area contributed by atoms with Gasteiger partial charge in [-0.3, -0.25) is 0 Å². The molecular formula is C8H12O3. The van der Waals surface area contributed by atoms with Crippen molar-refractivity contribution < 1.29 is 14.6 Å². The SMILES string of the molecule is COC(=O)C=C=CC(C)(C)O. The van der Waals surface area contributed by atoms with Crippen LogP contribution in [0, 0.1) is 0 Å². The highest BCUT2D eigenvalue weighted by molar-refractivity contribution is 5.81. The molecule has 3 nitrogen and oxygen atoms in total. The Kier molecular flexibility index (Phi) is 3.58. The first-order valence-electron chi connectivity index (χ1n) is 3.19. The minimum atomic E-state index is -0.940. The van der Waals surface area contributed by atoms with E-state index in [4.69, 9.17) is 5.11 Å². The van der Waals surface area contributed by atoms with E-state index in [1.165, 1.54) is 13.2 Å². The third kappa shape index (κ3) is 6.84. The monoisotopic (exact) mass is 156 g/mol. The molecule has 1 N–H and O–H groups in total. The molecule has 62 valence electrons. The third-order valence-corrected chi connectivity index (χ3v) is 0.839. The topological polar surface area (TPSA) is 46.5 Å². The third-order valence-electron chi connectivity index (χ3n) is 0.839. The largest absolute Gasteiger partial charge is 0.465 e. The summed E-state index contributed by atoms with van der Waals surface area (Å²) in [5.74, 6) is -0.481. The summed E-state index contributed by atoms with van der Waals surface area (Å²) in [7, 11) is 1.28. The van der Waals surface area contributed by atoms with E-state index < -0.39 is 11.6 Å². The summed E-state index contributed by atoms with van der Waals surface area (Å²) in [6, 6.07) is 0. The van der Waals surface area contributed by atoms with Gasteiger partial charge in [0.25, 0.3) is 0 Å². The molecule has 0 aliphatic heterocycles. The first-order chi connectivity index (χ1) is 4.95. The Hall–Kier alpha value is -1.05. The lowest BCUT2D eigenvalue weighted by atomic mass is 10.1. The maximum Gasteiger partial charge on any atom is 0.338 e. The zero-order chi connectivity index (χ0) is 8.91. The predicted octanol–water partition coefficient (Wildman–Crippen LogP) is 0.642. The molecule has 0 unspecified atom stereocenters. The van der Waals surface area contributed by atoms with E-state index in [1.807, 2.05) is 0 Å². The van der Waals surface area contributed by atoms with Crippen LogP contribution in [-0.4, -0.2) is 23.8 Å². The molecule has 0 aromatic rings. The predicted molar refractivity (Wildman–Crippen MR) is 41.0 cm³/mol. The van der Waals surface area contributed by atoms with Crippen LogP contribution >= 0.6 is 0 Å². The van der Waals surface area contributed by atoms with E-state index in [9.17, 15) is 4.79 Å². The van der Waals surface area contributed by atoms with Crippen molar-refractivity contribution in [3.8, 4) is 0 Å². The fraction of sp³-hybridized carbons (Fsp3) is 0.500. The Morgan fingerprint density at radius 1 is 1.64 bits per heavy atom. The fourth-order valence-electron chi connectivity index (χ4n) is 0.373. The van der Waals surface area contributed by atoms with E-state index in [0.29, 0.717) is 0 Å². The molecule has 0 spiro atoms. The minimum absolute atomic E-state index is 0.481. The molecular weight excluding hydrogens is 144 g/mol. The average Bonchev–Trinajstić information content (AvgIpc) is 1.85. The van der Waals surface area contributed by atoms with E-state index in [-0.39, 0.29) is 0 Å². The second kappa shape index (κ2) is 3.96. The number of methoxy groups -OCH3 is 1. The number of esters is 1. The Morgan fingerprint density at radius 2 is 2.18 bits per heavy atom. The summed E-state index contributed by atoms with van der Waals surface area (Å²) in [6.07, 6.45) is 2.50. The van der Waals surface area contributed by atoms with Gasteiger partial charge in [0, 0.05) is 0 Å². The van der Waals surface area contributed by atoms with Gasteiger partial charge in [-0.05, 0) is 19.9 Å². The second-order valence-electron chi connectivity index (χ2n) is 2.63. The summed E-state index contributed by atoms with van der Waals surface area (Å²) in [4.78, 5) is 10.5. The molecule has 0 atom stereocenters.